The van der Waals surface area contributed by atoms with Crippen LogP contribution in [-0.2, 0) is 0 Å². The molecule has 0 nitrogen and oxygen atoms in total. The van der Waals surface area contributed by atoms with Crippen molar-refractivity contribution < 1.29 is 0 Å². The van der Waals surface area contributed by atoms with E-state index >= 15 is 0 Å². The van der Waals surface area contributed by atoms with Gasteiger partial charge in [0.15, 0.2) is 0 Å². The topological polar surface area (TPSA) is 0 Å². The first-order valence-corrected chi connectivity index (χ1v) is 9.79. The highest BCUT2D eigenvalue weighted by atomic mass is 35.7. The van der Waals surface area contributed by atoms with E-state index in [-0.39, 0.29) is 6.13 Å². The van der Waals surface area contributed by atoms with Crippen molar-refractivity contribution in [2.24, 2.45) is 0 Å². The first-order valence-electron chi connectivity index (χ1n) is 5.33. The van der Waals surface area contributed by atoms with E-state index < -0.39 is 6.69 Å². The van der Waals surface area contributed by atoms with Crippen molar-refractivity contribution in [3.8, 4) is 0 Å². The zero-order valence-corrected chi connectivity index (χ0v) is 12.1. The first-order chi connectivity index (χ1) is 8.12. The fraction of sp³-hybridized carbons (Fsp3) is 0. The van der Waals surface area contributed by atoms with Crippen LogP contribution in [0, 0.1) is 0 Å². The van der Waals surface area contributed by atoms with E-state index in [1.807, 2.05) is 48.5 Å². The summed E-state index contributed by atoms with van der Waals surface area (Å²) in [5.74, 6) is 0. The largest absolute Gasteiger partial charge is 0.315 e. The van der Waals surface area contributed by atoms with Crippen molar-refractivity contribution in [3.63, 3.8) is 0 Å². The lowest BCUT2D eigenvalue weighted by Gasteiger charge is -2.30. The lowest BCUT2D eigenvalue weighted by atomic mass is 9.61. The molecule has 0 saturated carbocycles. The number of benzene rings is 2. The molecule has 3 rings (SSSR count). The zero-order chi connectivity index (χ0) is 12.0. The molecule has 17 heavy (non-hydrogen) atoms. The van der Waals surface area contributed by atoms with Gasteiger partial charge in [0.2, 0.25) is 0 Å². The van der Waals surface area contributed by atoms with Gasteiger partial charge >= 0.3 is 12.8 Å². The number of rotatable bonds is 0. The molecule has 0 radical (unpaired) electrons. The van der Waals surface area contributed by atoms with E-state index in [2.05, 4.69) is 0 Å². The standard InChI is InChI=1S/C12H8BCl3Si/c14-13-9-5-1-3-7-11(9)17(15,16)12-8-4-2-6-10(12)13/h1-8H. The minimum atomic E-state index is -2.61. The van der Waals surface area contributed by atoms with Crippen LogP contribution in [0.2, 0.25) is 0 Å². The summed E-state index contributed by atoms with van der Waals surface area (Å²) >= 11 is 19.8. The van der Waals surface area contributed by atoms with E-state index in [1.165, 1.54) is 0 Å². The van der Waals surface area contributed by atoms with Gasteiger partial charge in [-0.05, 0) is 10.4 Å². The van der Waals surface area contributed by atoms with E-state index in [0.29, 0.717) is 0 Å². The average molecular weight is 297 g/mol. The summed E-state index contributed by atoms with van der Waals surface area (Å²) in [7, 11) is 0. The Bertz CT molecular complexity index is 536. The maximum absolute atomic E-state index is 6.64. The molecule has 0 atom stereocenters. The Morgan fingerprint density at radius 3 is 1.65 bits per heavy atom. The molecule has 1 heterocycles. The second kappa shape index (κ2) is 4.06. The predicted molar refractivity (Wildman–Crippen MR) is 80.5 cm³/mol. The van der Waals surface area contributed by atoms with Gasteiger partial charge in [-0.25, -0.2) is 0 Å². The van der Waals surface area contributed by atoms with Crippen LogP contribution in [0.5, 0.6) is 0 Å². The molecule has 5 heteroatoms. The molecular formula is C12H8BCl3Si. The van der Waals surface area contributed by atoms with Crippen LogP contribution in [0.3, 0.4) is 0 Å². The Morgan fingerprint density at radius 2 is 1.18 bits per heavy atom. The van der Waals surface area contributed by atoms with Gasteiger partial charge in [-0.15, -0.1) is 22.2 Å². The Hall–Kier alpha value is -0.408. The Labute approximate surface area is 116 Å². The molecule has 1 aliphatic rings. The van der Waals surface area contributed by atoms with Crippen molar-refractivity contribution in [3.05, 3.63) is 48.5 Å². The molecule has 1 aliphatic heterocycles. The van der Waals surface area contributed by atoms with Gasteiger partial charge < -0.3 is 0 Å². The summed E-state index contributed by atoms with van der Waals surface area (Å²) in [4.78, 5) is 0. The molecule has 0 aliphatic carbocycles. The third-order valence-electron chi connectivity index (χ3n) is 3.14. The van der Waals surface area contributed by atoms with Gasteiger partial charge in [0.1, 0.15) is 0 Å². The SMILES string of the molecule is ClB1c2ccccc2[Si](Cl)(Cl)c2ccccc21. The summed E-state index contributed by atoms with van der Waals surface area (Å²) in [6.45, 7) is -2.61. The fourth-order valence-corrected chi connectivity index (χ4v) is 7.03. The van der Waals surface area contributed by atoms with Crippen LogP contribution in [-0.4, -0.2) is 12.8 Å². The van der Waals surface area contributed by atoms with Crippen LogP contribution in [0.1, 0.15) is 0 Å². The van der Waals surface area contributed by atoms with E-state index in [0.717, 1.165) is 21.3 Å². The third kappa shape index (κ3) is 1.67. The molecule has 0 amide bonds. The molecule has 0 bridgehead atoms. The molecule has 0 N–H and O–H groups in total. The van der Waals surface area contributed by atoms with Crippen LogP contribution in [0.15, 0.2) is 48.5 Å². The molecule has 0 unspecified atom stereocenters. The minimum Gasteiger partial charge on any atom is -0.182 e. The molecule has 0 spiro atoms. The van der Waals surface area contributed by atoms with Crippen molar-refractivity contribution >= 4 is 67.7 Å². The summed E-state index contributed by atoms with van der Waals surface area (Å²) in [6.07, 6.45) is -0.152. The summed E-state index contributed by atoms with van der Waals surface area (Å²) in [5, 5.41) is 2.03. The van der Waals surface area contributed by atoms with Crippen LogP contribution < -0.4 is 21.3 Å². The highest BCUT2D eigenvalue weighted by molar-refractivity contribution is 7.58. The number of fused-ring (bicyclic) bond motifs is 2. The Morgan fingerprint density at radius 1 is 0.765 bits per heavy atom. The third-order valence-corrected chi connectivity index (χ3v) is 8.32. The van der Waals surface area contributed by atoms with Gasteiger partial charge in [0.25, 0.3) is 0 Å². The fourth-order valence-electron chi connectivity index (χ4n) is 2.32. The lowest BCUT2D eigenvalue weighted by Crippen LogP contribution is -2.70. The Balaban J connectivity index is 2.34. The van der Waals surface area contributed by atoms with Gasteiger partial charge in [-0.2, -0.15) is 11.5 Å². The molecule has 2 aromatic carbocycles. The second-order valence-corrected chi connectivity index (χ2v) is 10.8. The van der Waals surface area contributed by atoms with Crippen LogP contribution in [0.4, 0.5) is 0 Å². The summed E-state index contributed by atoms with van der Waals surface area (Å²) in [5.41, 5.74) is 2.09. The van der Waals surface area contributed by atoms with Gasteiger partial charge in [0.05, 0.1) is 0 Å². The number of hydrogen-bond acceptors (Lipinski definition) is 0. The van der Waals surface area contributed by atoms with E-state index in [1.54, 1.807) is 0 Å². The van der Waals surface area contributed by atoms with Crippen molar-refractivity contribution in [2.75, 3.05) is 0 Å². The highest BCUT2D eigenvalue weighted by Gasteiger charge is 2.44. The zero-order valence-electron chi connectivity index (χ0n) is 8.83. The van der Waals surface area contributed by atoms with Crippen molar-refractivity contribution in [1.82, 2.24) is 0 Å². The average Bonchev–Trinajstić information content (AvgIpc) is 2.37. The van der Waals surface area contributed by atoms with Crippen molar-refractivity contribution in [1.29, 1.82) is 0 Å². The highest BCUT2D eigenvalue weighted by Crippen LogP contribution is 2.17. The summed E-state index contributed by atoms with van der Waals surface area (Å²) in [6, 6.07) is 15.9. The van der Waals surface area contributed by atoms with Crippen LogP contribution >= 0.6 is 33.6 Å². The van der Waals surface area contributed by atoms with Gasteiger partial charge in [-0.1, -0.05) is 59.5 Å². The van der Waals surface area contributed by atoms with Crippen molar-refractivity contribution in [2.45, 2.75) is 0 Å². The molecule has 2 aromatic rings. The molecule has 0 fully saturated rings. The Kier molecular flexibility index (Phi) is 2.79. The molecule has 0 aromatic heterocycles. The van der Waals surface area contributed by atoms with Crippen LogP contribution in [0.25, 0.3) is 0 Å². The minimum absolute atomic E-state index is 0.152. The maximum atomic E-state index is 6.64. The van der Waals surface area contributed by atoms with Gasteiger partial charge in [-0.3, -0.25) is 0 Å². The summed E-state index contributed by atoms with van der Waals surface area (Å²) < 4.78 is 0. The monoisotopic (exact) mass is 296 g/mol. The molecule has 0 saturated heterocycles. The molecular weight excluding hydrogens is 289 g/mol. The normalized spacial score (nSPS) is 16.3. The lowest BCUT2D eigenvalue weighted by molar-refractivity contribution is 1.76. The molecule has 84 valence electrons. The predicted octanol–water partition coefficient (Wildman–Crippen LogP) is 1.38. The first kappa shape index (κ1) is 11.7. The van der Waals surface area contributed by atoms with E-state index in [9.17, 15) is 0 Å². The smallest absolute Gasteiger partial charge is 0.182 e. The number of hydrogen-bond donors (Lipinski definition) is 0. The second-order valence-electron chi connectivity index (χ2n) is 4.11. The quantitative estimate of drug-likeness (QED) is 0.509. The van der Waals surface area contributed by atoms with E-state index in [4.69, 9.17) is 33.6 Å². The van der Waals surface area contributed by atoms with Gasteiger partial charge in [0, 0.05) is 0 Å². The number of halogens is 3. The maximum Gasteiger partial charge on any atom is 0.315 e.